The van der Waals surface area contributed by atoms with Gasteiger partial charge in [0.15, 0.2) is 17.5 Å². The molecule has 0 atom stereocenters. The summed E-state index contributed by atoms with van der Waals surface area (Å²) in [5.41, 5.74) is 0.940. The molecule has 8 nitrogen and oxygen atoms in total. The van der Waals surface area contributed by atoms with E-state index in [1.165, 1.54) is 4.90 Å². The van der Waals surface area contributed by atoms with Gasteiger partial charge in [-0.2, -0.15) is 0 Å². The van der Waals surface area contributed by atoms with E-state index in [4.69, 9.17) is 13.9 Å². The number of nitrogens with one attached hydrogen (secondary N) is 2. The summed E-state index contributed by atoms with van der Waals surface area (Å²) in [6, 6.07) is 9.61. The van der Waals surface area contributed by atoms with Crippen molar-refractivity contribution in [3.63, 3.8) is 0 Å². The predicted octanol–water partition coefficient (Wildman–Crippen LogP) is 2.43. The summed E-state index contributed by atoms with van der Waals surface area (Å²) in [6.07, 6.45) is 3.22. The molecule has 0 radical (unpaired) electrons. The fraction of sp³-hybridized carbons (Fsp3) is 0.429. The van der Waals surface area contributed by atoms with Crippen molar-refractivity contribution >= 4 is 35.8 Å². The number of fused-ring (bicyclic) bond motifs is 1. The first-order chi connectivity index (χ1) is 14.1. The van der Waals surface area contributed by atoms with Gasteiger partial charge in [-0.1, -0.05) is 12.1 Å². The molecule has 0 bridgehead atoms. The maximum Gasteiger partial charge on any atom is 0.241 e. The molecule has 9 heteroatoms. The van der Waals surface area contributed by atoms with Gasteiger partial charge in [0, 0.05) is 39.0 Å². The molecule has 30 heavy (non-hydrogen) atoms. The molecule has 1 aliphatic rings. The maximum atomic E-state index is 11.9. The van der Waals surface area contributed by atoms with Crippen molar-refractivity contribution in [3.8, 4) is 11.5 Å². The highest BCUT2D eigenvalue weighted by Gasteiger charge is 2.14. The van der Waals surface area contributed by atoms with Gasteiger partial charge >= 0.3 is 0 Å². The monoisotopic (exact) mass is 528 g/mol. The standard InChI is InChI=1S/C21H28N4O4.HI/c1-25(2)19(26)15-24-21(22-10-9-17-7-4-11-27-17)23-14-16-6-3-8-18-20(16)29-13-5-12-28-18;/h3-4,6-8,11H,5,9-10,12-15H2,1-2H3,(H2,22,23,24);1H. The summed E-state index contributed by atoms with van der Waals surface area (Å²) >= 11 is 0. The number of hydrogen-bond donors (Lipinski definition) is 2. The van der Waals surface area contributed by atoms with Crippen molar-refractivity contribution in [2.75, 3.05) is 40.4 Å². The average molecular weight is 528 g/mol. The second-order valence-corrected chi connectivity index (χ2v) is 6.86. The Balaban J connectivity index is 0.00000320. The Morgan fingerprint density at radius 3 is 2.73 bits per heavy atom. The molecule has 0 aliphatic carbocycles. The molecule has 3 rings (SSSR count). The molecular weight excluding hydrogens is 499 g/mol. The van der Waals surface area contributed by atoms with Gasteiger partial charge in [-0.05, 0) is 18.2 Å². The molecule has 1 aromatic carbocycles. The first-order valence-corrected chi connectivity index (χ1v) is 9.75. The quantitative estimate of drug-likeness (QED) is 0.326. The van der Waals surface area contributed by atoms with Crippen molar-refractivity contribution < 1.29 is 18.7 Å². The minimum atomic E-state index is -0.0316. The third-order valence-corrected chi connectivity index (χ3v) is 4.41. The van der Waals surface area contributed by atoms with Crippen LogP contribution in [0.1, 0.15) is 17.7 Å². The zero-order valence-corrected chi connectivity index (χ0v) is 19.7. The molecule has 0 saturated heterocycles. The number of rotatable bonds is 7. The second kappa shape index (κ2) is 12.3. The lowest BCUT2D eigenvalue weighted by molar-refractivity contribution is -0.127. The molecule has 2 N–H and O–H groups in total. The molecule has 2 aromatic rings. The molecule has 1 aliphatic heterocycles. The molecule has 0 spiro atoms. The average Bonchev–Trinajstić information content (AvgIpc) is 3.11. The number of halogens is 1. The number of furan rings is 1. The fourth-order valence-electron chi connectivity index (χ4n) is 2.79. The third-order valence-electron chi connectivity index (χ3n) is 4.41. The number of likely N-dealkylation sites (N-methyl/N-ethyl adjacent to an activating group) is 1. The van der Waals surface area contributed by atoms with Gasteiger partial charge < -0.3 is 29.4 Å². The van der Waals surface area contributed by atoms with Gasteiger partial charge in [-0.25, -0.2) is 4.99 Å². The van der Waals surface area contributed by atoms with E-state index in [9.17, 15) is 4.79 Å². The van der Waals surface area contributed by atoms with Gasteiger partial charge in [-0.15, -0.1) is 24.0 Å². The first-order valence-electron chi connectivity index (χ1n) is 9.75. The SMILES string of the molecule is CN(C)C(=O)CNC(=NCc1cccc2c1OCCCO2)NCCc1ccco1.I. The summed E-state index contributed by atoms with van der Waals surface area (Å²) in [6.45, 7) is 2.46. The Morgan fingerprint density at radius 1 is 1.13 bits per heavy atom. The number of aliphatic imine (C=N–C) groups is 1. The lowest BCUT2D eigenvalue weighted by Crippen LogP contribution is -2.43. The maximum absolute atomic E-state index is 11.9. The van der Waals surface area contributed by atoms with Crippen LogP contribution in [0.2, 0.25) is 0 Å². The van der Waals surface area contributed by atoms with E-state index in [2.05, 4.69) is 15.6 Å². The Bertz CT molecular complexity index is 824. The van der Waals surface area contributed by atoms with Crippen LogP contribution >= 0.6 is 24.0 Å². The first kappa shape index (κ1) is 23.8. The van der Waals surface area contributed by atoms with E-state index in [1.54, 1.807) is 20.4 Å². The van der Waals surface area contributed by atoms with Crippen molar-refractivity contribution in [2.24, 2.45) is 4.99 Å². The topological polar surface area (TPSA) is 88.3 Å². The molecule has 0 saturated carbocycles. The van der Waals surface area contributed by atoms with Gasteiger partial charge in [0.05, 0.1) is 32.6 Å². The number of carbonyl (C=O) groups excluding carboxylic acids is 1. The molecule has 2 heterocycles. The van der Waals surface area contributed by atoms with Crippen LogP contribution in [0.4, 0.5) is 0 Å². The molecular formula is C21H29IN4O4. The van der Waals surface area contributed by atoms with Crippen LogP contribution in [-0.2, 0) is 17.8 Å². The Labute approximate surface area is 194 Å². The highest BCUT2D eigenvalue weighted by Crippen LogP contribution is 2.33. The zero-order valence-electron chi connectivity index (χ0n) is 17.3. The summed E-state index contributed by atoms with van der Waals surface area (Å²) in [4.78, 5) is 18.1. The zero-order chi connectivity index (χ0) is 20.5. The minimum absolute atomic E-state index is 0. The number of para-hydroxylation sites is 1. The van der Waals surface area contributed by atoms with Gasteiger partial charge in [0.25, 0.3) is 0 Å². The minimum Gasteiger partial charge on any atom is -0.490 e. The molecule has 1 amide bonds. The van der Waals surface area contributed by atoms with E-state index >= 15 is 0 Å². The van der Waals surface area contributed by atoms with E-state index in [0.29, 0.717) is 38.7 Å². The van der Waals surface area contributed by atoms with Crippen molar-refractivity contribution in [1.29, 1.82) is 0 Å². The number of amides is 1. The van der Waals surface area contributed by atoms with E-state index < -0.39 is 0 Å². The molecule has 0 fully saturated rings. The molecule has 164 valence electrons. The summed E-state index contributed by atoms with van der Waals surface area (Å²) < 4.78 is 17.0. The highest BCUT2D eigenvalue weighted by molar-refractivity contribution is 14.0. The van der Waals surface area contributed by atoms with Gasteiger partial charge in [0.2, 0.25) is 5.91 Å². The van der Waals surface area contributed by atoms with Crippen LogP contribution < -0.4 is 20.1 Å². The Hall–Kier alpha value is -2.43. The van der Waals surface area contributed by atoms with Crippen molar-refractivity contribution in [2.45, 2.75) is 19.4 Å². The number of hydrogen-bond acceptors (Lipinski definition) is 5. The highest BCUT2D eigenvalue weighted by atomic mass is 127. The van der Waals surface area contributed by atoms with Crippen LogP contribution in [0.5, 0.6) is 11.5 Å². The normalized spacial score (nSPS) is 13.1. The van der Waals surface area contributed by atoms with E-state index in [1.807, 2.05) is 30.3 Å². The Morgan fingerprint density at radius 2 is 1.97 bits per heavy atom. The summed E-state index contributed by atoms with van der Waals surface area (Å²) in [5, 5.41) is 6.34. The van der Waals surface area contributed by atoms with E-state index in [-0.39, 0.29) is 36.4 Å². The fourth-order valence-corrected chi connectivity index (χ4v) is 2.79. The summed E-state index contributed by atoms with van der Waals surface area (Å²) in [7, 11) is 3.45. The third kappa shape index (κ3) is 7.12. The Kier molecular flexibility index (Phi) is 9.78. The predicted molar refractivity (Wildman–Crippen MR) is 126 cm³/mol. The van der Waals surface area contributed by atoms with Gasteiger partial charge in [0.1, 0.15) is 5.76 Å². The summed E-state index contributed by atoms with van der Waals surface area (Å²) in [5.74, 6) is 2.90. The number of ether oxygens (including phenoxy) is 2. The van der Waals surface area contributed by atoms with E-state index in [0.717, 1.165) is 29.2 Å². The van der Waals surface area contributed by atoms with Crippen molar-refractivity contribution in [1.82, 2.24) is 15.5 Å². The smallest absolute Gasteiger partial charge is 0.241 e. The molecule has 1 aromatic heterocycles. The van der Waals surface area contributed by atoms with Crippen LogP contribution in [0.3, 0.4) is 0 Å². The second-order valence-electron chi connectivity index (χ2n) is 6.86. The van der Waals surface area contributed by atoms with Crippen LogP contribution in [0, 0.1) is 0 Å². The molecule has 0 unspecified atom stereocenters. The number of nitrogens with zero attached hydrogens (tertiary/aromatic N) is 2. The lowest BCUT2D eigenvalue weighted by atomic mass is 10.2. The van der Waals surface area contributed by atoms with Crippen LogP contribution in [0.15, 0.2) is 46.0 Å². The number of guanidine groups is 1. The van der Waals surface area contributed by atoms with Crippen LogP contribution in [0.25, 0.3) is 0 Å². The van der Waals surface area contributed by atoms with Crippen LogP contribution in [-0.4, -0.2) is 57.2 Å². The number of carbonyl (C=O) groups is 1. The van der Waals surface area contributed by atoms with Gasteiger partial charge in [-0.3, -0.25) is 4.79 Å². The lowest BCUT2D eigenvalue weighted by Gasteiger charge is -2.15. The van der Waals surface area contributed by atoms with Crippen molar-refractivity contribution in [3.05, 3.63) is 47.9 Å². The largest absolute Gasteiger partial charge is 0.490 e. The number of benzene rings is 1.